The second-order valence-electron chi connectivity index (χ2n) is 12.4. The van der Waals surface area contributed by atoms with Crippen LogP contribution in [0.4, 0.5) is 0 Å². The molecule has 0 radical (unpaired) electrons. The molecular formula is C43H30. The lowest BCUT2D eigenvalue weighted by molar-refractivity contribution is 0.666. The first-order chi connectivity index (χ1) is 21.1. The van der Waals surface area contributed by atoms with E-state index in [4.69, 9.17) is 0 Å². The lowest BCUT2D eigenvalue weighted by atomic mass is 9.79. The van der Waals surface area contributed by atoms with Crippen LogP contribution in [0.3, 0.4) is 0 Å². The minimum atomic E-state index is -0.101. The standard InChI is InChI=1S/C43H30/c1-43(2)38-24-12-23-36(41(38)37-26-25-28-14-4-6-17-30(28)42(37)43)40-34-20-9-7-18-32(34)39(33-19-8-10-21-35(33)40)31-22-11-15-27-13-3-5-16-29(27)31/h3-26H,1-2H3. The highest BCUT2D eigenvalue weighted by molar-refractivity contribution is 6.24. The molecule has 1 aliphatic rings. The molecule has 0 bridgehead atoms. The summed E-state index contributed by atoms with van der Waals surface area (Å²) in [6.45, 7) is 4.79. The predicted octanol–water partition coefficient (Wildman–Crippen LogP) is 11.9. The molecule has 0 unspecified atom stereocenters. The molecule has 0 aromatic heterocycles. The second-order valence-corrected chi connectivity index (χ2v) is 12.4. The molecule has 9 rings (SSSR count). The van der Waals surface area contributed by atoms with E-state index in [1.54, 1.807) is 0 Å². The van der Waals surface area contributed by atoms with Crippen molar-refractivity contribution in [2.75, 3.05) is 0 Å². The highest BCUT2D eigenvalue weighted by atomic mass is 14.4. The molecule has 8 aromatic carbocycles. The Morgan fingerprint density at radius 3 is 1.44 bits per heavy atom. The third-order valence-corrected chi connectivity index (χ3v) is 9.82. The Morgan fingerprint density at radius 1 is 0.326 bits per heavy atom. The van der Waals surface area contributed by atoms with E-state index in [9.17, 15) is 0 Å². The van der Waals surface area contributed by atoms with Gasteiger partial charge in [-0.05, 0) is 87.6 Å². The van der Waals surface area contributed by atoms with Crippen molar-refractivity contribution in [3.63, 3.8) is 0 Å². The van der Waals surface area contributed by atoms with Gasteiger partial charge in [-0.3, -0.25) is 0 Å². The van der Waals surface area contributed by atoms with Crippen molar-refractivity contribution in [2.24, 2.45) is 0 Å². The molecule has 8 aromatic rings. The van der Waals surface area contributed by atoms with Crippen LogP contribution < -0.4 is 0 Å². The summed E-state index contributed by atoms with van der Waals surface area (Å²) >= 11 is 0. The Bertz CT molecular complexity index is 2360. The van der Waals surface area contributed by atoms with Crippen molar-refractivity contribution in [1.29, 1.82) is 0 Å². The van der Waals surface area contributed by atoms with Crippen molar-refractivity contribution in [1.82, 2.24) is 0 Å². The van der Waals surface area contributed by atoms with E-state index in [-0.39, 0.29) is 5.41 Å². The van der Waals surface area contributed by atoms with Gasteiger partial charge in [0.1, 0.15) is 0 Å². The zero-order valence-corrected chi connectivity index (χ0v) is 24.4. The fourth-order valence-corrected chi connectivity index (χ4v) is 8.01. The topological polar surface area (TPSA) is 0 Å². The van der Waals surface area contributed by atoms with E-state index in [2.05, 4.69) is 159 Å². The molecule has 0 aliphatic heterocycles. The largest absolute Gasteiger partial charge is 0.0616 e. The van der Waals surface area contributed by atoms with Crippen LogP contribution in [-0.4, -0.2) is 0 Å². The average Bonchev–Trinajstić information content (AvgIpc) is 3.30. The summed E-state index contributed by atoms with van der Waals surface area (Å²) in [5, 5.41) is 10.4. The first-order valence-corrected chi connectivity index (χ1v) is 15.2. The third-order valence-electron chi connectivity index (χ3n) is 9.82. The number of hydrogen-bond acceptors (Lipinski definition) is 0. The lowest BCUT2D eigenvalue weighted by Crippen LogP contribution is -2.15. The van der Waals surface area contributed by atoms with E-state index < -0.39 is 0 Å². The van der Waals surface area contributed by atoms with Gasteiger partial charge in [0.2, 0.25) is 0 Å². The van der Waals surface area contributed by atoms with Crippen LogP contribution in [0, 0.1) is 0 Å². The molecule has 0 nitrogen and oxygen atoms in total. The number of benzene rings is 8. The van der Waals surface area contributed by atoms with Crippen LogP contribution >= 0.6 is 0 Å². The van der Waals surface area contributed by atoms with Gasteiger partial charge in [-0.15, -0.1) is 0 Å². The van der Waals surface area contributed by atoms with Gasteiger partial charge >= 0.3 is 0 Å². The monoisotopic (exact) mass is 546 g/mol. The van der Waals surface area contributed by atoms with Crippen molar-refractivity contribution in [2.45, 2.75) is 19.3 Å². The fraction of sp³-hybridized carbons (Fsp3) is 0.0698. The molecule has 1 aliphatic carbocycles. The number of fused-ring (bicyclic) bond motifs is 8. The van der Waals surface area contributed by atoms with Crippen LogP contribution in [0.15, 0.2) is 146 Å². The van der Waals surface area contributed by atoms with Gasteiger partial charge in [0.15, 0.2) is 0 Å². The van der Waals surface area contributed by atoms with Crippen molar-refractivity contribution >= 4 is 43.1 Å². The summed E-state index contributed by atoms with van der Waals surface area (Å²) in [5.41, 5.74) is 10.7. The third kappa shape index (κ3) is 3.32. The van der Waals surface area contributed by atoms with Gasteiger partial charge < -0.3 is 0 Å². The summed E-state index contributed by atoms with van der Waals surface area (Å²) < 4.78 is 0. The Morgan fingerprint density at radius 2 is 0.791 bits per heavy atom. The molecule has 0 N–H and O–H groups in total. The van der Waals surface area contributed by atoms with Crippen molar-refractivity contribution in [3.8, 4) is 33.4 Å². The first-order valence-electron chi connectivity index (χ1n) is 15.2. The predicted molar refractivity (Wildman–Crippen MR) is 185 cm³/mol. The second kappa shape index (κ2) is 8.90. The summed E-state index contributed by atoms with van der Waals surface area (Å²) in [7, 11) is 0. The quantitative estimate of drug-likeness (QED) is 0.189. The van der Waals surface area contributed by atoms with Crippen LogP contribution in [0.2, 0.25) is 0 Å². The van der Waals surface area contributed by atoms with Gasteiger partial charge in [0, 0.05) is 5.41 Å². The van der Waals surface area contributed by atoms with E-state index in [1.165, 1.54) is 87.6 Å². The van der Waals surface area contributed by atoms with Crippen LogP contribution in [0.5, 0.6) is 0 Å². The summed E-state index contributed by atoms with van der Waals surface area (Å²) in [5.74, 6) is 0. The molecule has 202 valence electrons. The smallest absolute Gasteiger partial charge is 0.0165 e. The highest BCUT2D eigenvalue weighted by Gasteiger charge is 2.38. The van der Waals surface area contributed by atoms with Gasteiger partial charge in [0.05, 0.1) is 0 Å². The van der Waals surface area contributed by atoms with E-state index in [0.29, 0.717) is 0 Å². The molecule has 0 saturated heterocycles. The molecule has 0 amide bonds. The summed E-state index contributed by atoms with van der Waals surface area (Å²) in [6, 6.07) is 54.0. The van der Waals surface area contributed by atoms with Crippen molar-refractivity contribution < 1.29 is 0 Å². The molecule has 43 heavy (non-hydrogen) atoms. The normalized spacial score (nSPS) is 13.5. The maximum atomic E-state index is 2.40. The maximum Gasteiger partial charge on any atom is 0.0165 e. The van der Waals surface area contributed by atoms with Crippen molar-refractivity contribution in [3.05, 3.63) is 157 Å². The molecule has 0 heteroatoms. The molecule has 0 atom stereocenters. The first kappa shape index (κ1) is 24.4. The minimum Gasteiger partial charge on any atom is -0.0616 e. The molecule has 0 fully saturated rings. The number of rotatable bonds is 2. The molecule has 0 saturated carbocycles. The van der Waals surface area contributed by atoms with Crippen LogP contribution in [-0.2, 0) is 5.41 Å². The summed E-state index contributed by atoms with van der Waals surface area (Å²) in [6.07, 6.45) is 0. The molecule has 0 spiro atoms. The van der Waals surface area contributed by atoms with Gasteiger partial charge in [-0.25, -0.2) is 0 Å². The van der Waals surface area contributed by atoms with E-state index in [1.807, 2.05) is 0 Å². The Kier molecular flexibility index (Phi) is 5.05. The minimum absolute atomic E-state index is 0.101. The van der Waals surface area contributed by atoms with E-state index >= 15 is 0 Å². The summed E-state index contributed by atoms with van der Waals surface area (Å²) in [4.78, 5) is 0. The zero-order valence-electron chi connectivity index (χ0n) is 24.4. The average molecular weight is 547 g/mol. The van der Waals surface area contributed by atoms with Gasteiger partial charge in [-0.2, -0.15) is 0 Å². The van der Waals surface area contributed by atoms with Crippen LogP contribution in [0.1, 0.15) is 25.0 Å². The van der Waals surface area contributed by atoms with Gasteiger partial charge in [0.25, 0.3) is 0 Å². The zero-order chi connectivity index (χ0) is 28.7. The SMILES string of the molecule is CC1(C)c2cccc(-c3c4ccccc4c(-c4cccc5ccccc45)c4ccccc34)c2-c2ccc3ccccc3c21. The van der Waals surface area contributed by atoms with E-state index in [0.717, 1.165) is 0 Å². The van der Waals surface area contributed by atoms with Crippen LogP contribution in [0.25, 0.3) is 76.5 Å². The van der Waals surface area contributed by atoms with Gasteiger partial charge in [-0.1, -0.05) is 159 Å². The Hall–Kier alpha value is -5.20. The lowest BCUT2D eigenvalue weighted by Gasteiger charge is -2.23. The maximum absolute atomic E-state index is 2.40. The Labute approximate surface area is 251 Å². The Balaban J connectivity index is 1.44. The molecular weight excluding hydrogens is 516 g/mol. The number of hydrogen-bond donors (Lipinski definition) is 0. The highest BCUT2D eigenvalue weighted by Crippen LogP contribution is 2.56. The molecule has 0 heterocycles. The fourth-order valence-electron chi connectivity index (χ4n) is 8.01.